The van der Waals surface area contributed by atoms with Gasteiger partial charge < -0.3 is 0 Å². The first-order valence-electron chi connectivity index (χ1n) is 16.4. The number of rotatable bonds is 4. The first-order valence-corrected chi connectivity index (χ1v) is 16.4. The van der Waals surface area contributed by atoms with Crippen LogP contribution in [0.3, 0.4) is 0 Å². The van der Waals surface area contributed by atoms with Crippen molar-refractivity contribution < 1.29 is 0 Å². The maximum atomic E-state index is 4.76. The Bertz CT molecular complexity index is 2550. The van der Waals surface area contributed by atoms with Gasteiger partial charge >= 0.3 is 0 Å². The first kappa shape index (κ1) is 29.2. The second kappa shape index (κ2) is 12.5. The Hall–Kier alpha value is -6.24. The van der Waals surface area contributed by atoms with Crippen LogP contribution in [-0.4, -0.2) is 0 Å². The number of hydrogen-bond donors (Lipinski definition) is 0. The highest BCUT2D eigenvalue weighted by Gasteiger charge is 2.12. The SMILES string of the molecule is C=c1cc(-c2ccccc2)ccc(=C)c(-c2ccc3ccccc3c2)c2cc(-c3ccccc3)ccc2c1-c1ccc2ccccc2c1. The molecule has 0 nitrogen and oxygen atoms in total. The van der Waals surface area contributed by atoms with Gasteiger partial charge in [0.25, 0.3) is 0 Å². The summed E-state index contributed by atoms with van der Waals surface area (Å²) in [6.45, 7) is 9.49. The number of fused-ring (bicyclic) bond motifs is 3. The lowest BCUT2D eigenvalue weighted by atomic mass is 9.89. The van der Waals surface area contributed by atoms with E-state index >= 15 is 0 Å². The van der Waals surface area contributed by atoms with E-state index in [4.69, 9.17) is 13.2 Å². The Kier molecular flexibility index (Phi) is 7.61. The van der Waals surface area contributed by atoms with Crippen molar-refractivity contribution in [1.29, 1.82) is 0 Å². The van der Waals surface area contributed by atoms with E-state index in [9.17, 15) is 0 Å². The van der Waals surface area contributed by atoms with Crippen molar-refractivity contribution in [1.82, 2.24) is 0 Å². The summed E-state index contributed by atoms with van der Waals surface area (Å²) in [4.78, 5) is 0. The summed E-state index contributed by atoms with van der Waals surface area (Å²) in [5, 5.41) is 8.98. The molecule has 0 heteroatoms. The van der Waals surface area contributed by atoms with Crippen molar-refractivity contribution in [3.05, 3.63) is 192 Å². The predicted octanol–water partition coefficient (Wildman–Crippen LogP) is 11.8. The lowest BCUT2D eigenvalue weighted by molar-refractivity contribution is 1.58. The molecule has 0 heterocycles. The molecule has 0 atom stereocenters. The van der Waals surface area contributed by atoms with Crippen LogP contribution in [0.4, 0.5) is 0 Å². The molecule has 48 heavy (non-hydrogen) atoms. The van der Waals surface area contributed by atoms with Gasteiger partial charge in [-0.2, -0.15) is 0 Å². The molecule has 0 aliphatic rings. The van der Waals surface area contributed by atoms with Crippen LogP contribution in [-0.2, 0) is 0 Å². The average molecular weight is 611 g/mol. The lowest BCUT2D eigenvalue weighted by Gasteiger charge is -2.14. The van der Waals surface area contributed by atoms with Crippen molar-refractivity contribution in [2.45, 2.75) is 0 Å². The third-order valence-corrected chi connectivity index (χ3v) is 9.28. The van der Waals surface area contributed by atoms with Crippen molar-refractivity contribution in [2.24, 2.45) is 0 Å². The summed E-state index contributed by atoms with van der Waals surface area (Å²) in [7, 11) is 0. The van der Waals surface area contributed by atoms with Crippen LogP contribution in [0.5, 0.6) is 0 Å². The molecule has 8 aromatic rings. The van der Waals surface area contributed by atoms with Gasteiger partial charge in [-0.05, 0) is 112 Å². The van der Waals surface area contributed by atoms with Crippen LogP contribution in [0.15, 0.2) is 182 Å². The van der Waals surface area contributed by atoms with Crippen molar-refractivity contribution in [2.75, 3.05) is 0 Å². The van der Waals surface area contributed by atoms with Crippen molar-refractivity contribution in [3.8, 4) is 44.5 Å². The van der Waals surface area contributed by atoms with E-state index in [-0.39, 0.29) is 0 Å². The van der Waals surface area contributed by atoms with E-state index in [0.717, 1.165) is 60.2 Å². The van der Waals surface area contributed by atoms with Gasteiger partial charge in [0.1, 0.15) is 0 Å². The van der Waals surface area contributed by atoms with Crippen LogP contribution in [0.1, 0.15) is 0 Å². The van der Waals surface area contributed by atoms with Gasteiger partial charge in [-0.3, -0.25) is 0 Å². The summed E-state index contributed by atoms with van der Waals surface area (Å²) in [5.41, 5.74) is 9.01. The third kappa shape index (κ3) is 5.55. The average Bonchev–Trinajstić information content (AvgIpc) is 3.14. The molecular formula is C48H34. The van der Waals surface area contributed by atoms with E-state index in [1.165, 1.54) is 27.1 Å². The Morgan fingerprint density at radius 2 is 0.688 bits per heavy atom. The normalized spacial score (nSPS) is 11.1. The molecule has 226 valence electrons. The highest BCUT2D eigenvalue weighted by molar-refractivity contribution is 6.07. The summed E-state index contributed by atoms with van der Waals surface area (Å²) in [5.74, 6) is 0. The van der Waals surface area contributed by atoms with Crippen LogP contribution in [0, 0.1) is 0 Å². The predicted molar refractivity (Wildman–Crippen MR) is 209 cm³/mol. The lowest BCUT2D eigenvalue weighted by Crippen LogP contribution is -2.06. The largest absolute Gasteiger partial charge is 0.0911 e. The fraction of sp³-hybridized carbons (Fsp3) is 0. The highest BCUT2D eigenvalue weighted by atomic mass is 14.2. The van der Waals surface area contributed by atoms with Crippen molar-refractivity contribution in [3.63, 3.8) is 0 Å². The molecule has 0 aromatic heterocycles. The van der Waals surface area contributed by atoms with E-state index in [1.807, 2.05) is 0 Å². The molecule has 8 aromatic carbocycles. The summed E-state index contributed by atoms with van der Waals surface area (Å²) in [6.07, 6.45) is 0. The third-order valence-electron chi connectivity index (χ3n) is 9.28. The summed E-state index contributed by atoms with van der Waals surface area (Å²) < 4.78 is 0. The van der Waals surface area contributed by atoms with E-state index < -0.39 is 0 Å². The summed E-state index contributed by atoms with van der Waals surface area (Å²) in [6, 6.07) is 65.2. The van der Waals surface area contributed by atoms with Crippen LogP contribution < -0.4 is 10.4 Å². The zero-order valence-corrected chi connectivity index (χ0v) is 26.7. The molecule has 0 spiro atoms. The molecule has 0 fully saturated rings. The first-order chi connectivity index (χ1) is 23.6. The second-order valence-electron chi connectivity index (χ2n) is 12.3. The minimum atomic E-state index is 0.948. The van der Waals surface area contributed by atoms with E-state index in [0.29, 0.717) is 0 Å². The maximum Gasteiger partial charge on any atom is -0.00381 e. The van der Waals surface area contributed by atoms with Crippen molar-refractivity contribution >= 4 is 45.5 Å². The minimum Gasteiger partial charge on any atom is -0.0911 e. The van der Waals surface area contributed by atoms with Crippen LogP contribution in [0.25, 0.3) is 90.0 Å². The zero-order chi connectivity index (χ0) is 32.5. The van der Waals surface area contributed by atoms with Gasteiger partial charge in [-0.1, -0.05) is 171 Å². The van der Waals surface area contributed by atoms with Gasteiger partial charge in [0.2, 0.25) is 0 Å². The Balaban J connectivity index is 1.58. The molecule has 0 bridgehead atoms. The topological polar surface area (TPSA) is 0 Å². The fourth-order valence-corrected chi connectivity index (χ4v) is 6.89. The molecule has 8 rings (SSSR count). The Morgan fingerprint density at radius 3 is 1.25 bits per heavy atom. The fourth-order valence-electron chi connectivity index (χ4n) is 6.89. The van der Waals surface area contributed by atoms with Gasteiger partial charge in [-0.25, -0.2) is 0 Å². The molecule has 0 unspecified atom stereocenters. The molecule has 0 saturated heterocycles. The highest BCUT2D eigenvalue weighted by Crippen LogP contribution is 2.35. The van der Waals surface area contributed by atoms with Crippen LogP contribution >= 0.6 is 0 Å². The standard InChI is InChI=1S/C48H34/c1-33-21-22-41(35-13-5-3-6-14-35)29-34(2)48(44-26-24-38-18-10-12-20-40(38)31-44)45-28-27-42(36-15-7-4-8-16-36)32-46(45)47(33)43-25-23-37-17-9-11-19-39(37)30-43/h3-32H,1-2H2. The Labute approximate surface area is 281 Å². The number of benzene rings is 7. The van der Waals surface area contributed by atoms with E-state index in [1.54, 1.807) is 0 Å². The zero-order valence-electron chi connectivity index (χ0n) is 26.7. The molecular weight excluding hydrogens is 577 g/mol. The summed E-state index contributed by atoms with van der Waals surface area (Å²) >= 11 is 0. The van der Waals surface area contributed by atoms with Gasteiger partial charge in [0.15, 0.2) is 0 Å². The smallest absolute Gasteiger partial charge is 0.00381 e. The minimum absolute atomic E-state index is 0.948. The molecule has 0 N–H and O–H groups in total. The van der Waals surface area contributed by atoms with E-state index in [2.05, 4.69) is 182 Å². The molecule has 0 aliphatic carbocycles. The molecule has 0 radical (unpaired) electrons. The number of hydrogen-bond acceptors (Lipinski definition) is 0. The quantitative estimate of drug-likeness (QED) is 0.186. The maximum absolute atomic E-state index is 4.76. The molecule has 0 aliphatic heterocycles. The molecule has 0 amide bonds. The second-order valence-corrected chi connectivity index (χ2v) is 12.3. The monoisotopic (exact) mass is 610 g/mol. The van der Waals surface area contributed by atoms with Crippen LogP contribution in [0.2, 0.25) is 0 Å². The molecule has 0 saturated carbocycles. The van der Waals surface area contributed by atoms with Gasteiger partial charge in [-0.15, -0.1) is 0 Å². The van der Waals surface area contributed by atoms with Gasteiger partial charge in [0.05, 0.1) is 0 Å². The van der Waals surface area contributed by atoms with Gasteiger partial charge in [0, 0.05) is 0 Å². The Morgan fingerprint density at radius 1 is 0.250 bits per heavy atom.